The van der Waals surface area contributed by atoms with Crippen LogP contribution in [0.2, 0.25) is 5.02 Å². The average Bonchev–Trinajstić information content (AvgIpc) is 3.05. The van der Waals surface area contributed by atoms with E-state index in [2.05, 4.69) is 0 Å². The largest absolute Gasteiger partial charge is 0.507 e. The van der Waals surface area contributed by atoms with Crippen molar-refractivity contribution in [2.45, 2.75) is 6.04 Å². The van der Waals surface area contributed by atoms with Crippen molar-refractivity contribution < 1.29 is 23.8 Å². The maximum atomic E-state index is 14.8. The highest BCUT2D eigenvalue weighted by molar-refractivity contribution is 6.51. The van der Waals surface area contributed by atoms with Crippen LogP contribution < -0.4 is 9.64 Å². The van der Waals surface area contributed by atoms with Crippen molar-refractivity contribution in [2.24, 2.45) is 0 Å². The summed E-state index contributed by atoms with van der Waals surface area (Å²) in [6.45, 7) is 0. The van der Waals surface area contributed by atoms with Crippen LogP contribution in [-0.2, 0) is 9.59 Å². The van der Waals surface area contributed by atoms with Crippen LogP contribution in [-0.4, -0.2) is 23.9 Å². The third kappa shape index (κ3) is 3.66. The SMILES string of the molecule is COc1ccc(/C(O)=C2/C(=O)C(=O)N(c3ccc(Cl)cc3)C2c2ccccc2F)cc1. The van der Waals surface area contributed by atoms with Gasteiger partial charge in [0, 0.05) is 21.8 Å². The van der Waals surface area contributed by atoms with E-state index in [9.17, 15) is 19.1 Å². The molecule has 1 unspecified atom stereocenters. The fraction of sp³-hybridized carbons (Fsp3) is 0.0833. The monoisotopic (exact) mass is 437 g/mol. The second-order valence-corrected chi connectivity index (χ2v) is 7.33. The number of hydrogen-bond donors (Lipinski definition) is 1. The van der Waals surface area contributed by atoms with Crippen LogP contribution in [0.15, 0.2) is 78.4 Å². The Bertz CT molecular complexity index is 1190. The lowest BCUT2D eigenvalue weighted by molar-refractivity contribution is -0.132. The second-order valence-electron chi connectivity index (χ2n) is 6.90. The van der Waals surface area contributed by atoms with Gasteiger partial charge in [0.1, 0.15) is 17.3 Å². The Labute approximate surface area is 182 Å². The Morgan fingerprint density at radius 1 is 1.00 bits per heavy atom. The normalized spacial score (nSPS) is 17.8. The summed E-state index contributed by atoms with van der Waals surface area (Å²) in [4.78, 5) is 27.2. The summed E-state index contributed by atoms with van der Waals surface area (Å²) < 4.78 is 19.9. The fourth-order valence-electron chi connectivity index (χ4n) is 3.60. The molecule has 1 aliphatic heterocycles. The number of halogens is 2. The van der Waals surface area contributed by atoms with E-state index in [1.807, 2.05) is 0 Å². The number of benzene rings is 3. The van der Waals surface area contributed by atoms with Crippen LogP contribution in [0.1, 0.15) is 17.2 Å². The molecule has 5 nitrogen and oxygen atoms in total. The van der Waals surface area contributed by atoms with Crippen LogP contribution in [0.4, 0.5) is 10.1 Å². The molecule has 1 amide bonds. The highest BCUT2D eigenvalue weighted by Crippen LogP contribution is 2.43. The number of hydrogen-bond acceptors (Lipinski definition) is 4. The van der Waals surface area contributed by atoms with Gasteiger partial charge in [0.25, 0.3) is 11.7 Å². The lowest BCUT2D eigenvalue weighted by Gasteiger charge is -2.25. The Hall–Kier alpha value is -3.64. The predicted molar refractivity (Wildman–Crippen MR) is 116 cm³/mol. The first kappa shape index (κ1) is 20.6. The molecule has 1 saturated heterocycles. The van der Waals surface area contributed by atoms with E-state index in [-0.39, 0.29) is 11.1 Å². The number of carbonyl (C=O) groups excluding carboxylic acids is 2. The third-order valence-electron chi connectivity index (χ3n) is 5.11. The zero-order chi connectivity index (χ0) is 22.1. The number of rotatable bonds is 4. The number of amides is 1. The number of Topliss-reactive ketones (excluding diaryl/α,β-unsaturated/α-hetero) is 1. The first-order valence-electron chi connectivity index (χ1n) is 9.38. The molecule has 1 N–H and O–H groups in total. The van der Waals surface area contributed by atoms with Crippen LogP contribution in [0.3, 0.4) is 0 Å². The maximum absolute atomic E-state index is 14.8. The summed E-state index contributed by atoms with van der Waals surface area (Å²) in [5, 5.41) is 11.4. The quantitative estimate of drug-likeness (QED) is 0.350. The van der Waals surface area contributed by atoms with E-state index in [1.54, 1.807) is 54.6 Å². The number of ether oxygens (including phenoxy) is 1. The highest BCUT2D eigenvalue weighted by Gasteiger charge is 2.47. The fourth-order valence-corrected chi connectivity index (χ4v) is 3.72. The molecule has 3 aromatic carbocycles. The van der Waals surface area contributed by atoms with Crippen LogP contribution >= 0.6 is 11.6 Å². The van der Waals surface area contributed by atoms with E-state index in [1.165, 1.54) is 30.2 Å². The van der Waals surface area contributed by atoms with E-state index < -0.39 is 29.3 Å². The Balaban J connectivity index is 1.94. The van der Waals surface area contributed by atoms with Gasteiger partial charge in [-0.15, -0.1) is 0 Å². The highest BCUT2D eigenvalue weighted by atomic mass is 35.5. The molecule has 4 rings (SSSR count). The molecule has 0 saturated carbocycles. The Morgan fingerprint density at radius 3 is 2.26 bits per heavy atom. The van der Waals surface area contributed by atoms with Crippen LogP contribution in [0.25, 0.3) is 5.76 Å². The molecular formula is C24H17ClFNO4. The number of carbonyl (C=O) groups is 2. The molecule has 1 fully saturated rings. The van der Waals surface area contributed by atoms with Crippen molar-refractivity contribution in [1.29, 1.82) is 0 Å². The summed E-state index contributed by atoms with van der Waals surface area (Å²) in [6, 6.07) is 17.3. The third-order valence-corrected chi connectivity index (χ3v) is 5.36. The molecule has 1 aliphatic rings. The molecule has 0 aromatic heterocycles. The standard InChI is InChI=1S/C24H17ClFNO4/c1-31-17-12-6-14(7-13-17)22(28)20-21(18-4-2-3-5-19(18)26)27(24(30)23(20)29)16-10-8-15(25)9-11-16/h2-13,21,28H,1H3/b22-20-. The van der Waals surface area contributed by atoms with Gasteiger partial charge in [0.2, 0.25) is 0 Å². The molecule has 1 atom stereocenters. The summed E-state index contributed by atoms with van der Waals surface area (Å²) in [7, 11) is 1.50. The molecule has 31 heavy (non-hydrogen) atoms. The van der Waals surface area contributed by atoms with Gasteiger partial charge in [-0.3, -0.25) is 14.5 Å². The number of ketones is 1. The number of nitrogens with zero attached hydrogens (tertiary/aromatic N) is 1. The van der Waals surface area contributed by atoms with Gasteiger partial charge < -0.3 is 9.84 Å². The van der Waals surface area contributed by atoms with Crippen LogP contribution in [0.5, 0.6) is 5.75 Å². The molecule has 0 spiro atoms. The number of anilines is 1. The zero-order valence-electron chi connectivity index (χ0n) is 16.4. The number of aliphatic hydroxyl groups is 1. The van der Waals surface area contributed by atoms with E-state index in [0.717, 1.165) is 0 Å². The second kappa shape index (κ2) is 8.24. The summed E-state index contributed by atoms with van der Waals surface area (Å²) in [5.74, 6) is -2.22. The Kier molecular flexibility index (Phi) is 5.48. The minimum Gasteiger partial charge on any atom is -0.507 e. The molecule has 0 bridgehead atoms. The van der Waals surface area contributed by atoms with Crippen molar-refractivity contribution >= 4 is 34.7 Å². The van der Waals surface area contributed by atoms with Gasteiger partial charge in [-0.1, -0.05) is 29.8 Å². The number of methoxy groups -OCH3 is 1. The maximum Gasteiger partial charge on any atom is 0.300 e. The first-order chi connectivity index (χ1) is 14.9. The van der Waals surface area contributed by atoms with Crippen molar-refractivity contribution in [3.05, 3.63) is 100 Å². The minimum absolute atomic E-state index is 0.0895. The predicted octanol–water partition coefficient (Wildman–Crippen LogP) is 5.11. The molecule has 0 radical (unpaired) electrons. The summed E-state index contributed by atoms with van der Waals surface area (Å²) in [5.41, 5.74) is 0.548. The minimum atomic E-state index is -1.15. The Morgan fingerprint density at radius 2 is 1.65 bits per heavy atom. The van der Waals surface area contributed by atoms with Gasteiger partial charge in [-0.2, -0.15) is 0 Å². The van der Waals surface area contributed by atoms with Crippen molar-refractivity contribution in [3.8, 4) is 5.75 Å². The van der Waals surface area contributed by atoms with Gasteiger partial charge in [-0.25, -0.2) is 4.39 Å². The van der Waals surface area contributed by atoms with Gasteiger partial charge in [0.05, 0.1) is 18.7 Å². The number of aliphatic hydroxyl groups excluding tert-OH is 1. The zero-order valence-corrected chi connectivity index (χ0v) is 17.1. The van der Waals surface area contributed by atoms with Crippen molar-refractivity contribution in [3.63, 3.8) is 0 Å². The van der Waals surface area contributed by atoms with Gasteiger partial charge in [-0.05, 0) is 54.6 Å². The topological polar surface area (TPSA) is 66.8 Å². The lowest BCUT2D eigenvalue weighted by Crippen LogP contribution is -2.29. The van der Waals surface area contributed by atoms with Crippen molar-refractivity contribution in [1.82, 2.24) is 0 Å². The van der Waals surface area contributed by atoms with Crippen molar-refractivity contribution in [2.75, 3.05) is 12.0 Å². The molecular weight excluding hydrogens is 421 g/mol. The average molecular weight is 438 g/mol. The smallest absolute Gasteiger partial charge is 0.300 e. The van der Waals surface area contributed by atoms with E-state index in [0.29, 0.717) is 22.0 Å². The molecule has 156 valence electrons. The molecule has 7 heteroatoms. The van der Waals surface area contributed by atoms with E-state index in [4.69, 9.17) is 16.3 Å². The van der Waals surface area contributed by atoms with Gasteiger partial charge >= 0.3 is 0 Å². The lowest BCUT2D eigenvalue weighted by atomic mass is 9.94. The first-order valence-corrected chi connectivity index (χ1v) is 9.75. The van der Waals surface area contributed by atoms with E-state index >= 15 is 0 Å². The summed E-state index contributed by atoms with van der Waals surface area (Å²) in [6.07, 6.45) is 0. The molecule has 1 heterocycles. The summed E-state index contributed by atoms with van der Waals surface area (Å²) >= 11 is 5.96. The van der Waals surface area contributed by atoms with Crippen LogP contribution in [0, 0.1) is 5.82 Å². The molecule has 0 aliphatic carbocycles. The molecule has 3 aromatic rings. The van der Waals surface area contributed by atoms with Gasteiger partial charge in [0.15, 0.2) is 0 Å².